The summed E-state index contributed by atoms with van der Waals surface area (Å²) < 4.78 is 0.254. The summed E-state index contributed by atoms with van der Waals surface area (Å²) in [6, 6.07) is 0. The van der Waals surface area contributed by atoms with E-state index in [1.807, 2.05) is 11.8 Å². The van der Waals surface area contributed by atoms with Crippen molar-refractivity contribution < 1.29 is 9.90 Å². The highest BCUT2D eigenvalue weighted by molar-refractivity contribution is 8.08. The molecule has 0 bridgehead atoms. The number of hydrogen-bond donors (Lipinski definition) is 1. The third kappa shape index (κ3) is 2.68. The van der Waals surface area contributed by atoms with Gasteiger partial charge in [-0.1, -0.05) is 46.5 Å². The van der Waals surface area contributed by atoms with Gasteiger partial charge in [0.1, 0.15) is 0 Å². The van der Waals surface area contributed by atoms with Crippen molar-refractivity contribution >= 4 is 17.7 Å². The van der Waals surface area contributed by atoms with Crippen molar-refractivity contribution in [2.75, 3.05) is 0 Å². The number of hydrogen-bond acceptors (Lipinski definition) is 2. The second-order valence-corrected chi connectivity index (χ2v) is 8.39. The summed E-state index contributed by atoms with van der Waals surface area (Å²) in [5, 5.41) is 10.4. The Morgan fingerprint density at radius 3 is 2.68 bits per heavy atom. The molecule has 6 unspecified atom stereocenters. The van der Waals surface area contributed by atoms with Crippen molar-refractivity contribution in [2.45, 2.75) is 69.8 Å². The van der Waals surface area contributed by atoms with E-state index in [2.05, 4.69) is 27.7 Å². The first-order valence-electron chi connectivity index (χ1n) is 7.86. The van der Waals surface area contributed by atoms with E-state index >= 15 is 0 Å². The summed E-state index contributed by atoms with van der Waals surface area (Å²) in [6.07, 6.45) is 5.88. The Kier molecular flexibility index (Phi) is 4.54. The molecular weight excluding hydrogens is 256 g/mol. The first kappa shape index (κ1) is 15.2. The topological polar surface area (TPSA) is 37.3 Å². The average molecular weight is 284 g/mol. The summed E-state index contributed by atoms with van der Waals surface area (Å²) in [5.74, 6) is 0.621. The summed E-state index contributed by atoms with van der Waals surface area (Å²) in [4.78, 5) is 11.8. The highest BCUT2D eigenvalue weighted by Gasteiger charge is 2.65. The largest absolute Gasteiger partial charge is 0.481 e. The van der Waals surface area contributed by atoms with Gasteiger partial charge in [0.2, 0.25) is 0 Å². The van der Waals surface area contributed by atoms with E-state index < -0.39 is 5.97 Å². The first-order chi connectivity index (χ1) is 8.95. The SMILES string of the molecule is CCCCC(CC)C1C(C(=O)O)C(C)CC2SC21C. The molecule has 19 heavy (non-hydrogen) atoms. The molecule has 2 rings (SSSR count). The molecule has 0 radical (unpaired) electrons. The fourth-order valence-electron chi connectivity index (χ4n) is 4.30. The van der Waals surface area contributed by atoms with Gasteiger partial charge in [-0.05, 0) is 31.1 Å². The molecule has 110 valence electrons. The lowest BCUT2D eigenvalue weighted by atomic mass is 9.61. The van der Waals surface area contributed by atoms with E-state index in [0.29, 0.717) is 17.8 Å². The Morgan fingerprint density at radius 2 is 2.16 bits per heavy atom. The van der Waals surface area contributed by atoms with Crippen molar-refractivity contribution in [3.63, 3.8) is 0 Å². The van der Waals surface area contributed by atoms with Crippen LogP contribution in [-0.2, 0) is 4.79 Å². The van der Waals surface area contributed by atoms with Gasteiger partial charge < -0.3 is 5.11 Å². The van der Waals surface area contributed by atoms with Gasteiger partial charge in [0, 0.05) is 10.00 Å². The van der Waals surface area contributed by atoms with Gasteiger partial charge in [-0.2, -0.15) is 0 Å². The van der Waals surface area contributed by atoms with Crippen molar-refractivity contribution in [3.05, 3.63) is 0 Å². The predicted octanol–water partition coefficient (Wildman–Crippen LogP) is 4.43. The van der Waals surface area contributed by atoms with Crippen LogP contribution in [0.3, 0.4) is 0 Å². The van der Waals surface area contributed by atoms with Gasteiger partial charge in [-0.15, -0.1) is 11.8 Å². The molecule has 0 amide bonds. The van der Waals surface area contributed by atoms with E-state index in [1.54, 1.807) is 0 Å². The molecule has 0 aromatic heterocycles. The molecule has 0 spiro atoms. The molecule has 1 heterocycles. The van der Waals surface area contributed by atoms with Crippen molar-refractivity contribution in [1.82, 2.24) is 0 Å². The minimum Gasteiger partial charge on any atom is -0.481 e. The fraction of sp³-hybridized carbons (Fsp3) is 0.938. The molecule has 3 heteroatoms. The summed E-state index contributed by atoms with van der Waals surface area (Å²) in [7, 11) is 0. The lowest BCUT2D eigenvalue weighted by Crippen LogP contribution is -2.46. The van der Waals surface area contributed by atoms with Crippen molar-refractivity contribution in [3.8, 4) is 0 Å². The summed E-state index contributed by atoms with van der Waals surface area (Å²) in [6.45, 7) is 8.94. The molecule has 0 aromatic rings. The molecular formula is C16H28O2S. The third-order valence-corrected chi connectivity index (χ3v) is 7.25. The maximum absolute atomic E-state index is 11.8. The number of carboxylic acid groups (broad SMARTS) is 1. The van der Waals surface area contributed by atoms with Crippen LogP contribution in [0.4, 0.5) is 0 Å². The molecule has 1 saturated carbocycles. The van der Waals surface area contributed by atoms with Gasteiger partial charge in [0.05, 0.1) is 5.92 Å². The van der Waals surface area contributed by atoms with Crippen LogP contribution in [0.2, 0.25) is 0 Å². The lowest BCUT2D eigenvalue weighted by Gasteiger charge is -2.41. The molecule has 2 nitrogen and oxygen atoms in total. The number of carbonyl (C=O) groups is 1. The maximum Gasteiger partial charge on any atom is 0.307 e. The van der Waals surface area contributed by atoms with E-state index in [4.69, 9.17) is 0 Å². The number of thioether (sulfide) groups is 1. The molecule has 2 fully saturated rings. The molecule has 2 aliphatic rings. The van der Waals surface area contributed by atoms with Crippen LogP contribution in [0.5, 0.6) is 0 Å². The van der Waals surface area contributed by atoms with Crippen LogP contribution in [0.1, 0.15) is 59.8 Å². The van der Waals surface area contributed by atoms with E-state index in [-0.39, 0.29) is 10.7 Å². The van der Waals surface area contributed by atoms with Crippen LogP contribution >= 0.6 is 11.8 Å². The van der Waals surface area contributed by atoms with Gasteiger partial charge in [-0.3, -0.25) is 4.79 Å². The third-order valence-electron chi connectivity index (χ3n) is 5.47. The number of aliphatic carboxylic acids is 1. The van der Waals surface area contributed by atoms with Crippen LogP contribution < -0.4 is 0 Å². The number of unbranched alkanes of at least 4 members (excludes halogenated alkanes) is 1. The van der Waals surface area contributed by atoms with Gasteiger partial charge in [0.15, 0.2) is 0 Å². The highest BCUT2D eigenvalue weighted by Crippen LogP contribution is 2.68. The Balaban J connectivity index is 2.22. The molecule has 1 aliphatic heterocycles. The van der Waals surface area contributed by atoms with Gasteiger partial charge in [0.25, 0.3) is 0 Å². The Bertz CT molecular complexity index is 344. The average Bonchev–Trinajstić information content (AvgIpc) is 3.00. The van der Waals surface area contributed by atoms with Crippen LogP contribution in [0.25, 0.3) is 0 Å². The number of rotatable bonds is 6. The zero-order valence-corrected chi connectivity index (χ0v) is 13.5. The normalized spacial score (nSPS) is 42.5. The minimum atomic E-state index is -0.556. The van der Waals surface area contributed by atoms with Crippen LogP contribution in [0.15, 0.2) is 0 Å². The monoisotopic (exact) mass is 284 g/mol. The van der Waals surface area contributed by atoms with E-state index in [9.17, 15) is 9.90 Å². The van der Waals surface area contributed by atoms with Crippen molar-refractivity contribution in [2.24, 2.45) is 23.7 Å². The fourth-order valence-corrected chi connectivity index (χ4v) is 6.00. The molecule has 6 atom stereocenters. The molecule has 1 N–H and O–H groups in total. The summed E-state index contributed by atoms with van der Waals surface area (Å²) >= 11 is 2.05. The second kappa shape index (κ2) is 5.67. The Morgan fingerprint density at radius 1 is 1.47 bits per heavy atom. The molecule has 1 aliphatic carbocycles. The van der Waals surface area contributed by atoms with Crippen LogP contribution in [0, 0.1) is 23.7 Å². The standard InChI is InChI=1S/C16H28O2S/c1-5-7-8-11(6-2)14-13(15(17)18)10(3)9-12-16(14,4)19-12/h10-14H,5-9H2,1-4H3,(H,17,18). The maximum atomic E-state index is 11.8. The molecule has 0 aromatic carbocycles. The van der Waals surface area contributed by atoms with Gasteiger partial charge in [-0.25, -0.2) is 0 Å². The summed E-state index contributed by atoms with van der Waals surface area (Å²) in [5.41, 5.74) is 0. The zero-order chi connectivity index (χ0) is 14.2. The van der Waals surface area contributed by atoms with E-state index in [1.165, 1.54) is 19.3 Å². The minimum absolute atomic E-state index is 0.127. The second-order valence-electron chi connectivity index (χ2n) is 6.70. The van der Waals surface area contributed by atoms with Gasteiger partial charge >= 0.3 is 5.97 Å². The number of fused-ring (bicyclic) bond motifs is 1. The smallest absolute Gasteiger partial charge is 0.307 e. The highest BCUT2D eigenvalue weighted by atomic mass is 32.2. The van der Waals surface area contributed by atoms with Crippen LogP contribution in [-0.4, -0.2) is 21.1 Å². The van der Waals surface area contributed by atoms with Crippen molar-refractivity contribution in [1.29, 1.82) is 0 Å². The molecule has 1 saturated heterocycles. The van der Waals surface area contributed by atoms with E-state index in [0.717, 1.165) is 18.1 Å². The first-order valence-corrected chi connectivity index (χ1v) is 8.74. The Hall–Kier alpha value is -0.180. The lowest BCUT2D eigenvalue weighted by molar-refractivity contribution is -0.148. The predicted molar refractivity (Wildman–Crippen MR) is 81.5 cm³/mol. The number of carboxylic acids is 1. The quantitative estimate of drug-likeness (QED) is 0.733. The zero-order valence-electron chi connectivity index (χ0n) is 12.7. The Labute approximate surface area is 121 Å².